The van der Waals surface area contributed by atoms with E-state index in [9.17, 15) is 9.59 Å². The van der Waals surface area contributed by atoms with E-state index in [1.54, 1.807) is 12.1 Å². The second kappa shape index (κ2) is 8.68. The highest BCUT2D eigenvalue weighted by atomic mass is 35.5. The minimum absolute atomic E-state index is 0.136. The first-order valence-electron chi connectivity index (χ1n) is 8.29. The van der Waals surface area contributed by atoms with Crippen LogP contribution in [0.2, 0.25) is 5.02 Å². The van der Waals surface area contributed by atoms with Crippen molar-refractivity contribution < 1.29 is 14.4 Å². The van der Waals surface area contributed by atoms with E-state index in [-0.39, 0.29) is 31.6 Å². The van der Waals surface area contributed by atoms with Crippen molar-refractivity contribution in [2.24, 2.45) is 5.73 Å². The Hall–Kier alpha value is -2.87. The summed E-state index contributed by atoms with van der Waals surface area (Å²) in [5, 5.41) is 7.33. The van der Waals surface area contributed by atoms with Crippen molar-refractivity contribution in [2.45, 2.75) is 0 Å². The van der Waals surface area contributed by atoms with Gasteiger partial charge in [0.15, 0.2) is 0 Å². The summed E-state index contributed by atoms with van der Waals surface area (Å²) < 4.78 is 0. The number of hydrogen-bond donors (Lipinski definition) is 3. The Bertz CT molecular complexity index is 850. The first-order valence-corrected chi connectivity index (χ1v) is 8.67. The van der Waals surface area contributed by atoms with Crippen LogP contribution in [0.5, 0.6) is 0 Å². The van der Waals surface area contributed by atoms with Crippen molar-refractivity contribution in [2.75, 3.05) is 25.1 Å². The molecule has 0 aromatic heterocycles. The quantitative estimate of drug-likeness (QED) is 0.706. The molecule has 2 amide bonds. The van der Waals surface area contributed by atoms with Gasteiger partial charge in [-0.05, 0) is 35.4 Å². The van der Waals surface area contributed by atoms with Crippen LogP contribution in [0.15, 0.2) is 60.3 Å². The van der Waals surface area contributed by atoms with Crippen LogP contribution in [0.3, 0.4) is 0 Å². The van der Waals surface area contributed by atoms with Crippen molar-refractivity contribution in [3.8, 4) is 11.1 Å². The van der Waals surface area contributed by atoms with E-state index >= 15 is 0 Å². The molecule has 0 fully saturated rings. The highest BCUT2D eigenvalue weighted by Crippen LogP contribution is 2.23. The molecule has 140 valence electrons. The van der Waals surface area contributed by atoms with Crippen LogP contribution in [0.1, 0.15) is 0 Å². The monoisotopic (exact) mass is 386 g/mol. The fourth-order valence-corrected chi connectivity index (χ4v) is 2.62. The fourth-order valence-electron chi connectivity index (χ4n) is 2.50. The molecule has 0 spiro atoms. The number of anilines is 1. The summed E-state index contributed by atoms with van der Waals surface area (Å²) in [6.45, 7) is 0.151. The molecule has 4 N–H and O–H groups in total. The molecule has 0 atom stereocenters. The number of amides is 2. The Morgan fingerprint density at radius 1 is 1.07 bits per heavy atom. The van der Waals surface area contributed by atoms with Crippen LogP contribution in [0.25, 0.3) is 11.1 Å². The zero-order valence-electron chi connectivity index (χ0n) is 14.4. The number of nitrogens with one attached hydrogen (secondary N) is 2. The first-order chi connectivity index (χ1) is 13.0. The molecule has 1 aliphatic heterocycles. The number of hydrogen-bond acceptors (Lipinski definition) is 5. The third kappa shape index (κ3) is 5.07. The van der Waals surface area contributed by atoms with Crippen LogP contribution in [-0.4, -0.2) is 36.7 Å². The number of carbonyl (C=O) groups excluding carboxylic acids is 2. The molecule has 0 saturated carbocycles. The minimum atomic E-state index is -0.362. The molecule has 27 heavy (non-hydrogen) atoms. The molecule has 8 heteroatoms. The molecule has 0 radical (unpaired) electrons. The summed E-state index contributed by atoms with van der Waals surface area (Å²) in [7, 11) is 0. The lowest BCUT2D eigenvalue weighted by Crippen LogP contribution is -2.34. The van der Waals surface area contributed by atoms with Gasteiger partial charge in [0.1, 0.15) is 6.61 Å². The van der Waals surface area contributed by atoms with E-state index in [0.29, 0.717) is 16.3 Å². The number of halogens is 1. The SMILES string of the molecule is NCN1C=C(C(=O)NCC(=O)Nc2ccc(-c3ccc(Cl)cc3)cc2)CO1. The number of benzene rings is 2. The van der Waals surface area contributed by atoms with E-state index in [1.807, 2.05) is 36.4 Å². The first kappa shape index (κ1) is 18.9. The van der Waals surface area contributed by atoms with E-state index in [0.717, 1.165) is 11.1 Å². The van der Waals surface area contributed by atoms with Crippen molar-refractivity contribution in [1.82, 2.24) is 10.4 Å². The summed E-state index contributed by atoms with van der Waals surface area (Å²) in [5.74, 6) is -0.683. The number of carbonyl (C=O) groups is 2. The Labute approximate surface area is 161 Å². The van der Waals surface area contributed by atoms with Gasteiger partial charge in [0.05, 0.1) is 18.8 Å². The normalized spacial score (nSPS) is 13.3. The van der Waals surface area contributed by atoms with Gasteiger partial charge < -0.3 is 16.4 Å². The van der Waals surface area contributed by atoms with Crippen LogP contribution >= 0.6 is 11.6 Å². The van der Waals surface area contributed by atoms with Gasteiger partial charge in [-0.1, -0.05) is 35.9 Å². The highest BCUT2D eigenvalue weighted by Gasteiger charge is 2.19. The number of nitrogens with two attached hydrogens (primary N) is 1. The van der Waals surface area contributed by atoms with E-state index < -0.39 is 0 Å². The van der Waals surface area contributed by atoms with Gasteiger partial charge in [-0.25, -0.2) is 5.06 Å². The summed E-state index contributed by atoms with van der Waals surface area (Å²) in [6.07, 6.45) is 1.52. The Morgan fingerprint density at radius 3 is 2.30 bits per heavy atom. The molecule has 0 saturated heterocycles. The zero-order chi connectivity index (χ0) is 19.2. The van der Waals surface area contributed by atoms with E-state index in [1.165, 1.54) is 11.3 Å². The smallest absolute Gasteiger partial charge is 0.251 e. The van der Waals surface area contributed by atoms with Crippen LogP contribution < -0.4 is 16.4 Å². The molecule has 2 aromatic rings. The summed E-state index contributed by atoms with van der Waals surface area (Å²) >= 11 is 5.89. The molecule has 0 unspecified atom stereocenters. The highest BCUT2D eigenvalue weighted by molar-refractivity contribution is 6.30. The maximum absolute atomic E-state index is 12.0. The van der Waals surface area contributed by atoms with Crippen LogP contribution in [0, 0.1) is 0 Å². The molecular formula is C19H19ClN4O3. The van der Waals surface area contributed by atoms with Gasteiger partial charge in [-0.15, -0.1) is 0 Å². The van der Waals surface area contributed by atoms with Crippen LogP contribution in [0.4, 0.5) is 5.69 Å². The zero-order valence-corrected chi connectivity index (χ0v) is 15.2. The van der Waals surface area contributed by atoms with Crippen molar-refractivity contribution in [1.29, 1.82) is 0 Å². The van der Waals surface area contributed by atoms with Gasteiger partial charge >= 0.3 is 0 Å². The summed E-state index contributed by atoms with van der Waals surface area (Å²) in [6, 6.07) is 14.9. The largest absolute Gasteiger partial charge is 0.343 e. The molecule has 1 heterocycles. The average molecular weight is 387 g/mol. The topological polar surface area (TPSA) is 96.7 Å². The number of rotatable bonds is 6. The van der Waals surface area contributed by atoms with Gasteiger partial charge in [0, 0.05) is 16.9 Å². The molecule has 0 aliphatic carbocycles. The maximum atomic E-state index is 12.0. The molecule has 3 rings (SSSR count). The van der Waals surface area contributed by atoms with E-state index in [2.05, 4.69) is 10.6 Å². The lowest BCUT2D eigenvalue weighted by Gasteiger charge is -2.08. The van der Waals surface area contributed by atoms with Gasteiger partial charge in [-0.2, -0.15) is 0 Å². The number of hydroxylamine groups is 2. The Kier molecular flexibility index (Phi) is 6.08. The van der Waals surface area contributed by atoms with Crippen molar-refractivity contribution in [3.05, 3.63) is 65.3 Å². The summed E-state index contributed by atoms with van der Waals surface area (Å²) in [4.78, 5) is 29.1. The summed E-state index contributed by atoms with van der Waals surface area (Å²) in [5.41, 5.74) is 8.51. The van der Waals surface area contributed by atoms with Gasteiger partial charge in [0.25, 0.3) is 5.91 Å². The second-order valence-electron chi connectivity index (χ2n) is 5.84. The molecule has 2 aromatic carbocycles. The standard InChI is InChI=1S/C19H19ClN4O3/c20-16-5-1-13(2-6-16)14-3-7-17(8-4-14)23-18(25)9-22-19(26)15-10-24(12-21)27-11-15/h1-8,10H,9,11-12,21H2,(H,22,26)(H,23,25). The second-order valence-corrected chi connectivity index (χ2v) is 6.28. The Balaban J connectivity index is 1.51. The van der Waals surface area contributed by atoms with Gasteiger partial charge in [-0.3, -0.25) is 14.4 Å². The molecular weight excluding hydrogens is 368 g/mol. The predicted octanol–water partition coefficient (Wildman–Crippen LogP) is 2.11. The van der Waals surface area contributed by atoms with Crippen molar-refractivity contribution in [3.63, 3.8) is 0 Å². The third-order valence-corrected chi connectivity index (χ3v) is 4.16. The molecule has 0 bridgehead atoms. The van der Waals surface area contributed by atoms with E-state index in [4.69, 9.17) is 22.2 Å². The molecule has 1 aliphatic rings. The number of nitrogens with zero attached hydrogens (tertiary/aromatic N) is 1. The lowest BCUT2D eigenvalue weighted by molar-refractivity contribution is -0.122. The van der Waals surface area contributed by atoms with Crippen molar-refractivity contribution >= 4 is 29.1 Å². The van der Waals surface area contributed by atoms with Crippen LogP contribution in [-0.2, 0) is 14.4 Å². The molecule has 7 nitrogen and oxygen atoms in total. The Morgan fingerprint density at radius 2 is 1.70 bits per heavy atom. The van der Waals surface area contributed by atoms with Gasteiger partial charge in [0.2, 0.25) is 5.91 Å². The predicted molar refractivity (Wildman–Crippen MR) is 103 cm³/mol. The fraction of sp³-hybridized carbons (Fsp3) is 0.158. The third-order valence-electron chi connectivity index (χ3n) is 3.91. The minimum Gasteiger partial charge on any atom is -0.343 e. The maximum Gasteiger partial charge on any atom is 0.251 e. The average Bonchev–Trinajstić information content (AvgIpc) is 3.17. The lowest BCUT2D eigenvalue weighted by atomic mass is 10.1.